The van der Waals surface area contributed by atoms with Crippen LogP contribution in [0.1, 0.15) is 26.7 Å². The fraction of sp³-hybridized carbons (Fsp3) is 0.727. The number of aliphatic carboxylic acids is 2. The lowest BCUT2D eigenvalue weighted by atomic mass is 10.0. The summed E-state index contributed by atoms with van der Waals surface area (Å²) in [5.74, 6) is -3.01. The Hall–Kier alpha value is -1.63. The molecule has 0 fully saturated rings. The van der Waals surface area contributed by atoms with Crippen molar-refractivity contribution in [3.63, 3.8) is 0 Å². The third-order valence-corrected chi connectivity index (χ3v) is 2.27. The van der Waals surface area contributed by atoms with Crippen LogP contribution in [-0.4, -0.2) is 47.3 Å². The summed E-state index contributed by atoms with van der Waals surface area (Å²) in [7, 11) is 1.20. The maximum Gasteiger partial charge on any atom is 0.322 e. The summed E-state index contributed by atoms with van der Waals surface area (Å²) in [6.45, 7) is 3.73. The lowest BCUT2D eigenvalue weighted by Gasteiger charge is -2.21. The van der Waals surface area contributed by atoms with Gasteiger partial charge in [-0.2, -0.15) is 0 Å². The molecule has 104 valence electrons. The van der Waals surface area contributed by atoms with Crippen molar-refractivity contribution in [2.24, 2.45) is 5.92 Å². The van der Waals surface area contributed by atoms with E-state index in [1.807, 2.05) is 13.8 Å². The van der Waals surface area contributed by atoms with Gasteiger partial charge in [0.15, 0.2) is 0 Å². The topological polar surface area (TPSA) is 113 Å². The Bertz CT molecular complexity index is 315. The molecule has 0 radical (unpaired) electrons. The van der Waals surface area contributed by atoms with Crippen LogP contribution in [0.4, 0.5) is 0 Å². The number of carbonyl (C=O) groups is 3. The highest BCUT2D eigenvalue weighted by atomic mass is 16.5. The zero-order chi connectivity index (χ0) is 14.3. The largest absolute Gasteiger partial charge is 0.481 e. The molecular formula is C11H19NO6. The molecule has 0 aromatic heterocycles. The molecule has 2 unspecified atom stereocenters. The van der Waals surface area contributed by atoms with Gasteiger partial charge in [-0.15, -0.1) is 0 Å². The normalized spacial score (nSPS) is 14.0. The van der Waals surface area contributed by atoms with Crippen molar-refractivity contribution in [1.29, 1.82) is 0 Å². The Kier molecular flexibility index (Phi) is 6.96. The fourth-order valence-electron chi connectivity index (χ4n) is 1.48. The Balaban J connectivity index is 4.73. The predicted octanol–water partition coefficient (Wildman–Crippen LogP) is 0.0916. The van der Waals surface area contributed by atoms with Gasteiger partial charge in [-0.25, -0.2) is 0 Å². The Morgan fingerprint density at radius 3 is 2.06 bits per heavy atom. The molecule has 0 rings (SSSR count). The molecule has 0 aliphatic heterocycles. The number of hydrogen-bond donors (Lipinski definition) is 3. The monoisotopic (exact) mass is 261 g/mol. The molecule has 0 aliphatic carbocycles. The predicted molar refractivity (Wildman–Crippen MR) is 62.1 cm³/mol. The van der Waals surface area contributed by atoms with E-state index in [0.29, 0.717) is 6.42 Å². The van der Waals surface area contributed by atoms with Gasteiger partial charge in [0.25, 0.3) is 0 Å². The molecule has 2 atom stereocenters. The Morgan fingerprint density at radius 1 is 1.17 bits per heavy atom. The Labute approximate surface area is 105 Å². The van der Waals surface area contributed by atoms with Crippen molar-refractivity contribution < 1.29 is 29.3 Å². The summed E-state index contributed by atoms with van der Waals surface area (Å²) < 4.78 is 4.56. The van der Waals surface area contributed by atoms with Crippen molar-refractivity contribution in [2.45, 2.75) is 38.8 Å². The van der Waals surface area contributed by atoms with Crippen LogP contribution < -0.4 is 5.32 Å². The molecule has 7 nitrogen and oxygen atoms in total. The second-order valence-electron chi connectivity index (χ2n) is 4.36. The SMILES string of the molecule is COC(=O)C(CC(C)C)NC(CC(=O)O)C(=O)O. The number of hydrogen-bond acceptors (Lipinski definition) is 5. The van der Waals surface area contributed by atoms with Gasteiger partial charge in [-0.3, -0.25) is 19.7 Å². The molecular weight excluding hydrogens is 242 g/mol. The summed E-state index contributed by atoms with van der Waals surface area (Å²) in [5.41, 5.74) is 0. The molecule has 0 saturated heterocycles. The standard InChI is InChI=1S/C11H19NO6/c1-6(2)4-8(11(17)18-3)12-7(10(15)16)5-9(13)14/h6-8,12H,4-5H2,1-3H3,(H,13,14)(H,15,16). The summed E-state index contributed by atoms with van der Waals surface area (Å²) in [6.07, 6.45) is -0.225. The van der Waals surface area contributed by atoms with Crippen LogP contribution in [0.15, 0.2) is 0 Å². The molecule has 0 saturated carbocycles. The number of carbonyl (C=O) groups excluding carboxylic acids is 1. The maximum atomic E-state index is 11.5. The first-order valence-electron chi connectivity index (χ1n) is 5.56. The van der Waals surface area contributed by atoms with Crippen molar-refractivity contribution in [3.8, 4) is 0 Å². The number of ether oxygens (including phenoxy) is 1. The van der Waals surface area contributed by atoms with Gasteiger partial charge in [-0.05, 0) is 12.3 Å². The second-order valence-corrected chi connectivity index (χ2v) is 4.36. The average molecular weight is 261 g/mol. The van der Waals surface area contributed by atoms with Crippen molar-refractivity contribution in [1.82, 2.24) is 5.32 Å². The molecule has 3 N–H and O–H groups in total. The van der Waals surface area contributed by atoms with Gasteiger partial charge in [0, 0.05) is 0 Å². The van der Waals surface area contributed by atoms with Crippen LogP contribution in [0.5, 0.6) is 0 Å². The first-order chi connectivity index (χ1) is 8.27. The van der Waals surface area contributed by atoms with E-state index in [0.717, 1.165) is 0 Å². The highest BCUT2D eigenvalue weighted by Gasteiger charge is 2.28. The van der Waals surface area contributed by atoms with Crippen LogP contribution >= 0.6 is 0 Å². The minimum absolute atomic E-state index is 0.140. The lowest BCUT2D eigenvalue weighted by molar-refractivity contribution is -0.149. The van der Waals surface area contributed by atoms with Gasteiger partial charge in [-0.1, -0.05) is 13.8 Å². The van der Waals surface area contributed by atoms with Crippen LogP contribution in [0.25, 0.3) is 0 Å². The fourth-order valence-corrected chi connectivity index (χ4v) is 1.48. The minimum Gasteiger partial charge on any atom is -0.481 e. The third kappa shape index (κ3) is 6.19. The molecule has 0 bridgehead atoms. The smallest absolute Gasteiger partial charge is 0.322 e. The molecule has 0 heterocycles. The van der Waals surface area contributed by atoms with E-state index in [4.69, 9.17) is 10.2 Å². The number of rotatable bonds is 8. The molecule has 0 amide bonds. The van der Waals surface area contributed by atoms with Gasteiger partial charge in [0.2, 0.25) is 0 Å². The van der Waals surface area contributed by atoms with Gasteiger partial charge in [0.1, 0.15) is 12.1 Å². The molecule has 0 aliphatic rings. The minimum atomic E-state index is -1.31. The summed E-state index contributed by atoms with van der Waals surface area (Å²) >= 11 is 0. The summed E-state index contributed by atoms with van der Waals surface area (Å²) in [6, 6.07) is -2.14. The quantitative estimate of drug-likeness (QED) is 0.531. The highest BCUT2D eigenvalue weighted by Crippen LogP contribution is 2.08. The number of nitrogens with one attached hydrogen (secondary N) is 1. The van der Waals surface area contributed by atoms with E-state index >= 15 is 0 Å². The molecule has 0 spiro atoms. The first-order valence-corrected chi connectivity index (χ1v) is 5.56. The zero-order valence-corrected chi connectivity index (χ0v) is 10.7. The molecule has 18 heavy (non-hydrogen) atoms. The van der Waals surface area contributed by atoms with Gasteiger partial charge in [0.05, 0.1) is 13.5 Å². The van der Waals surface area contributed by atoms with Crippen LogP contribution in [0.2, 0.25) is 0 Å². The van der Waals surface area contributed by atoms with E-state index in [1.165, 1.54) is 7.11 Å². The van der Waals surface area contributed by atoms with Gasteiger partial charge < -0.3 is 14.9 Å². The lowest BCUT2D eigenvalue weighted by Crippen LogP contribution is -2.49. The van der Waals surface area contributed by atoms with E-state index in [9.17, 15) is 14.4 Å². The van der Waals surface area contributed by atoms with E-state index in [-0.39, 0.29) is 5.92 Å². The van der Waals surface area contributed by atoms with Crippen LogP contribution in [0.3, 0.4) is 0 Å². The number of carboxylic acids is 2. The van der Waals surface area contributed by atoms with Crippen molar-refractivity contribution in [2.75, 3.05) is 7.11 Å². The van der Waals surface area contributed by atoms with E-state index < -0.39 is 36.4 Å². The average Bonchev–Trinajstić information content (AvgIpc) is 2.24. The summed E-state index contributed by atoms with van der Waals surface area (Å²) in [5, 5.41) is 20.0. The van der Waals surface area contributed by atoms with Crippen molar-refractivity contribution in [3.05, 3.63) is 0 Å². The molecule has 0 aromatic rings. The molecule has 0 aromatic carbocycles. The third-order valence-electron chi connectivity index (χ3n) is 2.27. The van der Waals surface area contributed by atoms with Crippen molar-refractivity contribution >= 4 is 17.9 Å². The summed E-state index contributed by atoms with van der Waals surface area (Å²) in [4.78, 5) is 32.9. The maximum absolute atomic E-state index is 11.5. The van der Waals surface area contributed by atoms with Crippen LogP contribution in [-0.2, 0) is 19.1 Å². The van der Waals surface area contributed by atoms with E-state index in [2.05, 4.69) is 10.1 Å². The first kappa shape index (κ1) is 16.4. The number of carboxylic acid groups (broad SMARTS) is 2. The zero-order valence-electron chi connectivity index (χ0n) is 10.7. The number of methoxy groups -OCH3 is 1. The number of esters is 1. The van der Waals surface area contributed by atoms with Gasteiger partial charge >= 0.3 is 17.9 Å². The second kappa shape index (κ2) is 7.65. The van der Waals surface area contributed by atoms with E-state index in [1.54, 1.807) is 0 Å². The van der Waals surface area contributed by atoms with Crippen LogP contribution in [0, 0.1) is 5.92 Å². The highest BCUT2D eigenvalue weighted by molar-refractivity contribution is 5.82. The Morgan fingerprint density at radius 2 is 1.72 bits per heavy atom. The molecule has 7 heteroatoms.